The van der Waals surface area contributed by atoms with Crippen LogP contribution in [0.1, 0.15) is 22.7 Å². The molecular formula is C16H15ClF3N. The van der Waals surface area contributed by atoms with Gasteiger partial charge in [0.2, 0.25) is 0 Å². The van der Waals surface area contributed by atoms with Crippen molar-refractivity contribution in [1.82, 2.24) is 5.32 Å². The quantitative estimate of drug-likeness (QED) is 0.872. The molecule has 0 bridgehead atoms. The Labute approximate surface area is 126 Å². The van der Waals surface area contributed by atoms with Crippen molar-refractivity contribution in [2.24, 2.45) is 0 Å². The number of hydrogen-bond acceptors (Lipinski definition) is 1. The zero-order valence-electron chi connectivity index (χ0n) is 11.7. The van der Waals surface area contributed by atoms with Gasteiger partial charge in [-0.15, -0.1) is 0 Å². The van der Waals surface area contributed by atoms with E-state index >= 15 is 0 Å². The average molecular weight is 314 g/mol. The van der Waals surface area contributed by atoms with Crippen molar-refractivity contribution in [3.63, 3.8) is 0 Å². The first-order valence-corrected chi connectivity index (χ1v) is 6.87. The minimum absolute atomic E-state index is 0.278. The van der Waals surface area contributed by atoms with E-state index in [1.54, 1.807) is 20.0 Å². The number of likely N-dealkylation sites (N-methyl/N-ethyl adjacent to an activating group) is 1. The molecule has 2 aromatic carbocycles. The van der Waals surface area contributed by atoms with Crippen LogP contribution in [0.4, 0.5) is 13.2 Å². The molecule has 0 heterocycles. The maximum atomic E-state index is 13.7. The fraction of sp³-hybridized carbons (Fsp3) is 0.250. The first-order valence-electron chi connectivity index (χ1n) is 6.49. The Balaban J connectivity index is 2.34. The second-order valence-electron chi connectivity index (χ2n) is 4.90. The van der Waals surface area contributed by atoms with Crippen LogP contribution in [-0.2, 0) is 6.42 Å². The minimum atomic E-state index is -0.618. The monoisotopic (exact) mass is 313 g/mol. The maximum absolute atomic E-state index is 13.7. The van der Waals surface area contributed by atoms with Crippen LogP contribution in [-0.4, -0.2) is 7.05 Å². The molecule has 1 nitrogen and oxygen atoms in total. The van der Waals surface area contributed by atoms with E-state index in [4.69, 9.17) is 11.6 Å². The maximum Gasteiger partial charge on any atom is 0.129 e. The highest BCUT2D eigenvalue weighted by Crippen LogP contribution is 2.29. The molecule has 21 heavy (non-hydrogen) atoms. The van der Waals surface area contributed by atoms with E-state index in [2.05, 4.69) is 5.32 Å². The first-order chi connectivity index (χ1) is 9.92. The van der Waals surface area contributed by atoms with Gasteiger partial charge in [0.15, 0.2) is 0 Å². The first kappa shape index (κ1) is 15.9. The predicted octanol–water partition coefficient (Wildman–Crippen LogP) is 4.57. The van der Waals surface area contributed by atoms with E-state index < -0.39 is 11.6 Å². The van der Waals surface area contributed by atoms with Gasteiger partial charge in [-0.25, -0.2) is 13.2 Å². The minimum Gasteiger partial charge on any atom is -0.313 e. The summed E-state index contributed by atoms with van der Waals surface area (Å²) in [5.41, 5.74) is 1.52. The molecule has 0 aromatic heterocycles. The molecule has 5 heteroatoms. The summed E-state index contributed by atoms with van der Waals surface area (Å²) in [5.74, 6) is -1.61. The van der Waals surface area contributed by atoms with Gasteiger partial charge in [-0.3, -0.25) is 0 Å². The van der Waals surface area contributed by atoms with Gasteiger partial charge in [0.1, 0.15) is 17.5 Å². The molecule has 2 rings (SSSR count). The molecule has 0 aliphatic carbocycles. The number of hydrogen-bond donors (Lipinski definition) is 1. The Morgan fingerprint density at radius 1 is 1.10 bits per heavy atom. The number of aryl methyl sites for hydroxylation is 1. The van der Waals surface area contributed by atoms with Gasteiger partial charge < -0.3 is 5.32 Å². The summed E-state index contributed by atoms with van der Waals surface area (Å²) in [6.07, 6.45) is 0.285. The van der Waals surface area contributed by atoms with E-state index in [-0.39, 0.29) is 23.3 Å². The molecule has 112 valence electrons. The number of halogens is 4. The van der Waals surface area contributed by atoms with Gasteiger partial charge in [0.05, 0.1) is 0 Å². The van der Waals surface area contributed by atoms with Crippen LogP contribution in [0.5, 0.6) is 0 Å². The fourth-order valence-corrected chi connectivity index (χ4v) is 2.50. The largest absolute Gasteiger partial charge is 0.313 e. The van der Waals surface area contributed by atoms with Crippen LogP contribution in [0.2, 0.25) is 5.02 Å². The van der Waals surface area contributed by atoms with Crippen molar-refractivity contribution in [1.29, 1.82) is 0 Å². The van der Waals surface area contributed by atoms with Gasteiger partial charge in [0, 0.05) is 17.1 Å². The van der Waals surface area contributed by atoms with Gasteiger partial charge in [0.25, 0.3) is 0 Å². The van der Waals surface area contributed by atoms with E-state index in [1.807, 2.05) is 0 Å². The molecule has 0 saturated heterocycles. The molecule has 2 aromatic rings. The molecule has 0 amide bonds. The third-order valence-electron chi connectivity index (χ3n) is 3.44. The van der Waals surface area contributed by atoms with Crippen LogP contribution >= 0.6 is 11.6 Å². The molecular weight excluding hydrogens is 299 g/mol. The molecule has 0 fully saturated rings. The fourth-order valence-electron chi connectivity index (χ4n) is 2.22. The molecule has 1 N–H and O–H groups in total. The van der Waals surface area contributed by atoms with Crippen LogP contribution in [0.25, 0.3) is 0 Å². The zero-order valence-corrected chi connectivity index (χ0v) is 12.4. The van der Waals surface area contributed by atoms with Gasteiger partial charge in [-0.05, 0) is 49.2 Å². The molecule has 0 aliphatic rings. The number of nitrogens with one attached hydrogen (secondary N) is 1. The highest BCUT2D eigenvalue weighted by atomic mass is 35.5. The summed E-state index contributed by atoms with van der Waals surface area (Å²) in [4.78, 5) is 0. The van der Waals surface area contributed by atoms with Crippen molar-refractivity contribution in [2.75, 3.05) is 7.05 Å². The van der Waals surface area contributed by atoms with Crippen molar-refractivity contribution >= 4 is 11.6 Å². The number of rotatable bonds is 4. The van der Waals surface area contributed by atoms with Gasteiger partial charge in [-0.2, -0.15) is 0 Å². The molecule has 0 spiro atoms. The lowest BCUT2D eigenvalue weighted by molar-refractivity contribution is 0.539. The Bertz CT molecular complexity index is 658. The lowest BCUT2D eigenvalue weighted by Crippen LogP contribution is -2.20. The SMILES string of the molecule is CNC(Cc1ccc(F)cc1F)c1cc(C)c(F)cc1Cl. The third-order valence-corrected chi connectivity index (χ3v) is 3.77. The van der Waals surface area contributed by atoms with Gasteiger partial charge in [-0.1, -0.05) is 23.7 Å². The van der Waals surface area contributed by atoms with Crippen LogP contribution in [0.3, 0.4) is 0 Å². The third kappa shape index (κ3) is 3.57. The normalized spacial score (nSPS) is 12.5. The lowest BCUT2D eigenvalue weighted by Gasteiger charge is -2.19. The molecule has 1 unspecified atom stereocenters. The summed E-state index contributed by atoms with van der Waals surface area (Å²) >= 11 is 6.07. The summed E-state index contributed by atoms with van der Waals surface area (Å²) in [7, 11) is 1.71. The summed E-state index contributed by atoms with van der Waals surface area (Å²) < 4.78 is 40.1. The highest BCUT2D eigenvalue weighted by molar-refractivity contribution is 6.31. The van der Waals surface area contributed by atoms with E-state index in [1.165, 1.54) is 18.2 Å². The summed E-state index contributed by atoms with van der Waals surface area (Å²) in [6.45, 7) is 1.64. The standard InChI is InChI=1S/C16H15ClF3N/c1-9-5-12(13(17)8-14(9)19)16(21-2)6-10-3-4-11(18)7-15(10)20/h3-5,7-8,16,21H,6H2,1-2H3. The zero-order chi connectivity index (χ0) is 15.6. The van der Waals surface area contributed by atoms with Crippen molar-refractivity contribution in [3.8, 4) is 0 Å². The van der Waals surface area contributed by atoms with Crippen LogP contribution in [0, 0.1) is 24.4 Å². The predicted molar refractivity (Wildman–Crippen MR) is 78.0 cm³/mol. The lowest BCUT2D eigenvalue weighted by atomic mass is 9.97. The Morgan fingerprint density at radius 2 is 1.81 bits per heavy atom. The second-order valence-corrected chi connectivity index (χ2v) is 5.31. The van der Waals surface area contributed by atoms with E-state index in [0.717, 1.165) is 6.07 Å². The van der Waals surface area contributed by atoms with Crippen LogP contribution < -0.4 is 5.32 Å². The molecule has 1 atom stereocenters. The van der Waals surface area contributed by atoms with Crippen molar-refractivity contribution in [3.05, 3.63) is 69.5 Å². The average Bonchev–Trinajstić information content (AvgIpc) is 2.43. The topological polar surface area (TPSA) is 12.0 Å². The van der Waals surface area contributed by atoms with E-state index in [0.29, 0.717) is 16.7 Å². The van der Waals surface area contributed by atoms with Crippen LogP contribution in [0.15, 0.2) is 30.3 Å². The van der Waals surface area contributed by atoms with Gasteiger partial charge >= 0.3 is 0 Å². The molecule has 0 radical (unpaired) electrons. The molecule has 0 aliphatic heterocycles. The molecule has 0 saturated carbocycles. The highest BCUT2D eigenvalue weighted by Gasteiger charge is 2.17. The summed E-state index contributed by atoms with van der Waals surface area (Å²) in [5, 5.41) is 3.31. The number of benzene rings is 2. The van der Waals surface area contributed by atoms with Crippen molar-refractivity contribution in [2.45, 2.75) is 19.4 Å². The Morgan fingerprint density at radius 3 is 2.43 bits per heavy atom. The Kier molecular flexibility index (Phi) is 4.91. The Hall–Kier alpha value is -1.52. The summed E-state index contributed by atoms with van der Waals surface area (Å²) in [6, 6.07) is 6.05. The van der Waals surface area contributed by atoms with Crippen molar-refractivity contribution < 1.29 is 13.2 Å². The van der Waals surface area contributed by atoms with E-state index in [9.17, 15) is 13.2 Å². The smallest absolute Gasteiger partial charge is 0.129 e. The second kappa shape index (κ2) is 6.50.